The SMILES string of the molecule is CC1CN(C(=O)CSc2nccn2C)C(c2ccccc2)CO1. The van der Waals surface area contributed by atoms with E-state index in [0.29, 0.717) is 18.9 Å². The van der Waals surface area contributed by atoms with Gasteiger partial charge >= 0.3 is 0 Å². The molecule has 1 fully saturated rings. The summed E-state index contributed by atoms with van der Waals surface area (Å²) >= 11 is 1.47. The lowest BCUT2D eigenvalue weighted by molar-refractivity contribution is -0.141. The number of carbonyl (C=O) groups is 1. The molecule has 0 N–H and O–H groups in total. The van der Waals surface area contributed by atoms with Crippen LogP contribution in [0.2, 0.25) is 0 Å². The lowest BCUT2D eigenvalue weighted by atomic mass is 10.0. The van der Waals surface area contributed by atoms with Crippen molar-refractivity contribution in [2.75, 3.05) is 18.9 Å². The molecule has 1 amide bonds. The van der Waals surface area contributed by atoms with Crippen molar-refractivity contribution in [2.24, 2.45) is 7.05 Å². The highest BCUT2D eigenvalue weighted by Gasteiger charge is 2.31. The maximum Gasteiger partial charge on any atom is 0.233 e. The summed E-state index contributed by atoms with van der Waals surface area (Å²) in [5.41, 5.74) is 1.12. The third-order valence-corrected chi connectivity index (χ3v) is 5.02. The van der Waals surface area contributed by atoms with Crippen LogP contribution in [-0.4, -0.2) is 45.4 Å². The first-order valence-electron chi connectivity index (χ1n) is 7.71. The highest BCUT2D eigenvalue weighted by Crippen LogP contribution is 2.27. The number of rotatable bonds is 4. The second-order valence-electron chi connectivity index (χ2n) is 5.73. The summed E-state index contributed by atoms with van der Waals surface area (Å²) in [4.78, 5) is 18.9. The van der Waals surface area contributed by atoms with Gasteiger partial charge in [0, 0.05) is 26.0 Å². The van der Waals surface area contributed by atoms with Crippen molar-refractivity contribution in [1.29, 1.82) is 0 Å². The zero-order valence-electron chi connectivity index (χ0n) is 13.4. The van der Waals surface area contributed by atoms with Gasteiger partial charge in [-0.3, -0.25) is 4.79 Å². The zero-order valence-corrected chi connectivity index (χ0v) is 14.2. The topological polar surface area (TPSA) is 47.4 Å². The van der Waals surface area contributed by atoms with Crippen molar-refractivity contribution in [3.63, 3.8) is 0 Å². The number of thioether (sulfide) groups is 1. The van der Waals surface area contributed by atoms with Gasteiger partial charge in [0.05, 0.1) is 24.5 Å². The first kappa shape index (κ1) is 16.1. The second-order valence-corrected chi connectivity index (χ2v) is 6.67. The molecule has 1 aliphatic heterocycles. The van der Waals surface area contributed by atoms with Crippen LogP contribution in [0.4, 0.5) is 0 Å². The van der Waals surface area contributed by atoms with Gasteiger partial charge < -0.3 is 14.2 Å². The van der Waals surface area contributed by atoms with Crippen LogP contribution in [0.25, 0.3) is 0 Å². The van der Waals surface area contributed by atoms with E-state index < -0.39 is 0 Å². The summed E-state index contributed by atoms with van der Waals surface area (Å²) in [6.45, 7) is 3.18. The van der Waals surface area contributed by atoms with Crippen LogP contribution in [0.1, 0.15) is 18.5 Å². The summed E-state index contributed by atoms with van der Waals surface area (Å²) < 4.78 is 7.70. The van der Waals surface area contributed by atoms with Gasteiger partial charge in [0.2, 0.25) is 5.91 Å². The third kappa shape index (κ3) is 3.76. The fourth-order valence-corrected chi connectivity index (χ4v) is 3.55. The van der Waals surface area contributed by atoms with Gasteiger partial charge in [0.25, 0.3) is 0 Å². The fraction of sp³-hybridized carbons (Fsp3) is 0.412. The van der Waals surface area contributed by atoms with Crippen molar-refractivity contribution in [3.05, 3.63) is 48.3 Å². The maximum absolute atomic E-state index is 12.7. The molecule has 0 saturated carbocycles. The van der Waals surface area contributed by atoms with Crippen molar-refractivity contribution in [1.82, 2.24) is 14.5 Å². The van der Waals surface area contributed by atoms with E-state index in [4.69, 9.17) is 4.74 Å². The van der Waals surface area contributed by atoms with E-state index >= 15 is 0 Å². The number of imidazole rings is 1. The number of morpholine rings is 1. The standard InChI is InChI=1S/C17H21N3O2S/c1-13-10-20(15(11-22-13)14-6-4-3-5-7-14)16(21)12-23-17-18-8-9-19(17)2/h3-9,13,15H,10-12H2,1-2H3. The van der Waals surface area contributed by atoms with E-state index in [9.17, 15) is 4.79 Å². The number of carbonyl (C=O) groups excluding carboxylic acids is 1. The van der Waals surface area contributed by atoms with Crippen LogP contribution in [0.15, 0.2) is 47.9 Å². The molecule has 2 heterocycles. The minimum atomic E-state index is -0.0122. The summed E-state index contributed by atoms with van der Waals surface area (Å²) in [6.07, 6.45) is 3.70. The van der Waals surface area contributed by atoms with E-state index in [0.717, 1.165) is 10.7 Å². The van der Waals surface area contributed by atoms with Crippen LogP contribution >= 0.6 is 11.8 Å². The highest BCUT2D eigenvalue weighted by atomic mass is 32.2. The van der Waals surface area contributed by atoms with Gasteiger partial charge in [-0.2, -0.15) is 0 Å². The van der Waals surface area contributed by atoms with Crippen LogP contribution in [-0.2, 0) is 16.6 Å². The first-order valence-corrected chi connectivity index (χ1v) is 8.70. The molecule has 2 aromatic rings. The van der Waals surface area contributed by atoms with Crippen molar-refractivity contribution >= 4 is 17.7 Å². The van der Waals surface area contributed by atoms with E-state index in [1.54, 1.807) is 6.20 Å². The molecule has 122 valence electrons. The van der Waals surface area contributed by atoms with Gasteiger partial charge in [-0.05, 0) is 12.5 Å². The molecule has 23 heavy (non-hydrogen) atoms. The molecule has 6 heteroatoms. The zero-order chi connectivity index (χ0) is 16.2. The minimum absolute atomic E-state index is 0.0122. The highest BCUT2D eigenvalue weighted by molar-refractivity contribution is 7.99. The Kier molecular flexibility index (Phi) is 5.03. The quantitative estimate of drug-likeness (QED) is 0.808. The van der Waals surface area contributed by atoms with Gasteiger partial charge in [0.1, 0.15) is 0 Å². The monoisotopic (exact) mass is 331 g/mol. The normalized spacial score (nSPS) is 21.4. The molecule has 1 saturated heterocycles. The van der Waals surface area contributed by atoms with E-state index in [-0.39, 0.29) is 18.1 Å². The lowest BCUT2D eigenvalue weighted by Gasteiger charge is -2.39. The molecule has 0 radical (unpaired) electrons. The lowest BCUT2D eigenvalue weighted by Crippen LogP contribution is -2.47. The average Bonchev–Trinajstić information content (AvgIpc) is 2.98. The molecule has 1 aromatic carbocycles. The molecule has 3 rings (SSSR count). The molecule has 5 nitrogen and oxygen atoms in total. The Hall–Kier alpha value is -1.79. The number of nitrogens with zero attached hydrogens (tertiary/aromatic N) is 3. The second kappa shape index (κ2) is 7.19. The fourth-order valence-electron chi connectivity index (χ4n) is 2.73. The van der Waals surface area contributed by atoms with Crippen molar-refractivity contribution in [2.45, 2.75) is 24.2 Å². The van der Waals surface area contributed by atoms with Gasteiger partial charge in [0.15, 0.2) is 5.16 Å². The first-order chi connectivity index (χ1) is 11.1. The number of hydrogen-bond acceptors (Lipinski definition) is 4. The molecule has 1 aromatic heterocycles. The number of ether oxygens (including phenoxy) is 1. The minimum Gasteiger partial charge on any atom is -0.374 e. The Bertz CT molecular complexity index is 659. The van der Waals surface area contributed by atoms with Gasteiger partial charge in [-0.1, -0.05) is 42.1 Å². The Labute approximate surface area is 140 Å². The summed E-state index contributed by atoms with van der Waals surface area (Å²) in [7, 11) is 1.93. The third-order valence-electron chi connectivity index (χ3n) is 3.98. The predicted molar refractivity (Wildman–Crippen MR) is 90.2 cm³/mol. The number of aromatic nitrogens is 2. The number of benzene rings is 1. The smallest absolute Gasteiger partial charge is 0.233 e. The van der Waals surface area contributed by atoms with E-state index in [1.165, 1.54) is 11.8 Å². The Balaban J connectivity index is 1.71. The summed E-state index contributed by atoms with van der Waals surface area (Å²) in [5, 5.41) is 0.857. The average molecular weight is 331 g/mol. The van der Waals surface area contributed by atoms with E-state index in [2.05, 4.69) is 17.1 Å². The molecule has 0 bridgehead atoms. The molecule has 1 aliphatic rings. The molecular weight excluding hydrogens is 310 g/mol. The van der Waals surface area contributed by atoms with Gasteiger partial charge in [-0.15, -0.1) is 0 Å². The molecule has 2 atom stereocenters. The number of amides is 1. The molecule has 0 aliphatic carbocycles. The maximum atomic E-state index is 12.7. The number of aryl methyl sites for hydroxylation is 1. The predicted octanol–water partition coefficient (Wildman–Crippen LogP) is 2.50. The van der Waals surface area contributed by atoms with E-state index in [1.807, 2.05) is 47.8 Å². The molecular formula is C17H21N3O2S. The van der Waals surface area contributed by atoms with Crippen molar-refractivity contribution < 1.29 is 9.53 Å². The van der Waals surface area contributed by atoms with Crippen LogP contribution in [0.3, 0.4) is 0 Å². The molecule has 0 spiro atoms. The van der Waals surface area contributed by atoms with Crippen LogP contribution in [0, 0.1) is 0 Å². The van der Waals surface area contributed by atoms with Crippen molar-refractivity contribution in [3.8, 4) is 0 Å². The largest absolute Gasteiger partial charge is 0.374 e. The van der Waals surface area contributed by atoms with Crippen LogP contribution in [0.5, 0.6) is 0 Å². The van der Waals surface area contributed by atoms with Gasteiger partial charge in [-0.25, -0.2) is 4.98 Å². The van der Waals surface area contributed by atoms with Crippen LogP contribution < -0.4 is 0 Å². The summed E-state index contributed by atoms with van der Waals surface area (Å²) in [5.74, 6) is 0.517. The Morgan fingerprint density at radius 3 is 2.87 bits per heavy atom. The number of hydrogen-bond donors (Lipinski definition) is 0. The molecule has 2 unspecified atom stereocenters. The Morgan fingerprint density at radius 1 is 1.39 bits per heavy atom. The Morgan fingerprint density at radius 2 is 2.17 bits per heavy atom. The summed E-state index contributed by atoms with van der Waals surface area (Å²) in [6, 6.07) is 10.1.